The molecule has 0 radical (unpaired) electrons. The van der Waals surface area contributed by atoms with Crippen LogP contribution in [-0.2, 0) is 7.05 Å². The molecule has 13 heavy (non-hydrogen) atoms. The Morgan fingerprint density at radius 2 is 2.15 bits per heavy atom. The Kier molecular flexibility index (Phi) is 1.98. The van der Waals surface area contributed by atoms with Gasteiger partial charge in [0.1, 0.15) is 5.82 Å². The lowest BCUT2D eigenvalue weighted by atomic mass is 10.4. The minimum absolute atomic E-state index is 0.677. The van der Waals surface area contributed by atoms with Crippen molar-refractivity contribution in [2.45, 2.75) is 25.7 Å². The van der Waals surface area contributed by atoms with E-state index in [9.17, 15) is 0 Å². The maximum atomic E-state index is 4.22. The van der Waals surface area contributed by atoms with Gasteiger partial charge in [-0.05, 0) is 19.8 Å². The molecule has 1 aromatic rings. The first-order valence-corrected chi connectivity index (χ1v) is 4.84. The van der Waals surface area contributed by atoms with E-state index in [1.165, 1.54) is 12.8 Å². The summed E-state index contributed by atoms with van der Waals surface area (Å²) in [4.78, 5) is 2.11. The third-order valence-electron chi connectivity index (χ3n) is 2.64. The first-order valence-electron chi connectivity index (χ1n) is 4.84. The summed E-state index contributed by atoms with van der Waals surface area (Å²) in [6.45, 7) is 3.09. The average Bonchev–Trinajstić information content (AvgIpc) is 2.90. The zero-order valence-electron chi connectivity index (χ0n) is 8.49. The van der Waals surface area contributed by atoms with Crippen LogP contribution in [0.5, 0.6) is 0 Å². The molecule has 0 unspecified atom stereocenters. The van der Waals surface area contributed by atoms with Crippen molar-refractivity contribution >= 4 is 5.95 Å². The van der Waals surface area contributed by atoms with Crippen LogP contribution < -0.4 is 4.90 Å². The number of aromatic nitrogens is 3. The summed E-state index contributed by atoms with van der Waals surface area (Å²) in [5.41, 5.74) is 0. The predicted molar refractivity (Wildman–Crippen MR) is 51.9 cm³/mol. The summed E-state index contributed by atoms with van der Waals surface area (Å²) in [7, 11) is 4.09. The lowest BCUT2D eigenvalue weighted by Crippen LogP contribution is -2.20. The van der Waals surface area contributed by atoms with E-state index < -0.39 is 0 Å². The molecule has 1 heterocycles. The minimum atomic E-state index is 0.677. The molecule has 0 spiro atoms. The summed E-state index contributed by atoms with van der Waals surface area (Å²) in [6.07, 6.45) is 2.56. The molecule has 1 fully saturated rings. The number of hydrogen-bond donors (Lipinski definition) is 0. The normalized spacial score (nSPS) is 16.2. The zero-order chi connectivity index (χ0) is 9.42. The first kappa shape index (κ1) is 8.53. The molecule has 1 aliphatic carbocycles. The fraction of sp³-hybridized carbons (Fsp3) is 0.778. The molecule has 4 nitrogen and oxygen atoms in total. The molecule has 0 aliphatic heterocycles. The van der Waals surface area contributed by atoms with Gasteiger partial charge in [0.05, 0.1) is 0 Å². The van der Waals surface area contributed by atoms with Crippen molar-refractivity contribution in [2.24, 2.45) is 7.05 Å². The Labute approximate surface area is 78.6 Å². The Morgan fingerprint density at radius 1 is 1.46 bits per heavy atom. The van der Waals surface area contributed by atoms with Crippen molar-refractivity contribution < 1.29 is 0 Å². The van der Waals surface area contributed by atoms with Crippen LogP contribution in [0.15, 0.2) is 0 Å². The molecular weight excluding hydrogens is 164 g/mol. The summed E-state index contributed by atoms with van der Waals surface area (Å²) >= 11 is 0. The molecule has 1 aromatic heterocycles. The number of rotatable bonds is 3. The third kappa shape index (κ3) is 1.41. The van der Waals surface area contributed by atoms with Gasteiger partial charge in [-0.1, -0.05) is 0 Å². The topological polar surface area (TPSA) is 34.0 Å². The largest absolute Gasteiger partial charge is 0.344 e. The minimum Gasteiger partial charge on any atom is -0.344 e. The molecule has 0 bridgehead atoms. The fourth-order valence-electron chi connectivity index (χ4n) is 1.50. The van der Waals surface area contributed by atoms with Gasteiger partial charge < -0.3 is 9.47 Å². The fourth-order valence-corrected chi connectivity index (χ4v) is 1.50. The van der Waals surface area contributed by atoms with Crippen LogP contribution in [-0.4, -0.2) is 28.4 Å². The van der Waals surface area contributed by atoms with E-state index in [1.54, 1.807) is 0 Å². The molecule has 0 atom stereocenters. The molecule has 4 heteroatoms. The summed E-state index contributed by atoms with van der Waals surface area (Å²) in [6, 6.07) is 0. The second-order valence-corrected chi connectivity index (χ2v) is 3.71. The zero-order valence-corrected chi connectivity index (χ0v) is 8.49. The highest BCUT2D eigenvalue weighted by Crippen LogP contribution is 2.39. The Bertz CT molecular complexity index is 301. The van der Waals surface area contributed by atoms with Crippen LogP contribution in [0.3, 0.4) is 0 Å². The lowest BCUT2D eigenvalue weighted by molar-refractivity contribution is 0.774. The van der Waals surface area contributed by atoms with Gasteiger partial charge in [0, 0.05) is 26.6 Å². The molecule has 1 saturated carbocycles. The van der Waals surface area contributed by atoms with Crippen LogP contribution in [0.25, 0.3) is 0 Å². The van der Waals surface area contributed by atoms with Crippen molar-refractivity contribution in [1.82, 2.24) is 14.8 Å². The molecule has 72 valence electrons. The smallest absolute Gasteiger partial charge is 0.226 e. The molecule has 0 N–H and O–H groups in total. The van der Waals surface area contributed by atoms with Crippen LogP contribution in [0.2, 0.25) is 0 Å². The van der Waals surface area contributed by atoms with Crippen LogP contribution >= 0.6 is 0 Å². The van der Waals surface area contributed by atoms with Crippen LogP contribution in [0, 0.1) is 0 Å². The Morgan fingerprint density at radius 3 is 2.69 bits per heavy atom. The van der Waals surface area contributed by atoms with E-state index in [4.69, 9.17) is 0 Å². The SMILES string of the molecule is CCN(C)c1nnc(C2CC2)n1C. The van der Waals surface area contributed by atoms with Gasteiger partial charge in [0.15, 0.2) is 0 Å². The van der Waals surface area contributed by atoms with Gasteiger partial charge in [-0.2, -0.15) is 0 Å². The van der Waals surface area contributed by atoms with Crippen molar-refractivity contribution in [1.29, 1.82) is 0 Å². The second-order valence-electron chi connectivity index (χ2n) is 3.71. The van der Waals surface area contributed by atoms with Gasteiger partial charge in [-0.3, -0.25) is 0 Å². The quantitative estimate of drug-likeness (QED) is 0.699. The number of anilines is 1. The van der Waals surface area contributed by atoms with E-state index >= 15 is 0 Å². The maximum absolute atomic E-state index is 4.22. The summed E-state index contributed by atoms with van der Waals surface area (Å²) in [5, 5.41) is 8.40. The second kappa shape index (κ2) is 3.01. The van der Waals surface area contributed by atoms with Crippen LogP contribution in [0.1, 0.15) is 31.5 Å². The Hall–Kier alpha value is -1.06. The van der Waals surface area contributed by atoms with E-state index in [0.29, 0.717) is 5.92 Å². The monoisotopic (exact) mass is 180 g/mol. The van der Waals surface area contributed by atoms with Crippen molar-refractivity contribution in [2.75, 3.05) is 18.5 Å². The van der Waals surface area contributed by atoms with Gasteiger partial charge >= 0.3 is 0 Å². The molecular formula is C9H16N4. The van der Waals surface area contributed by atoms with Crippen LogP contribution in [0.4, 0.5) is 5.95 Å². The van der Waals surface area contributed by atoms with Gasteiger partial charge in [-0.25, -0.2) is 0 Å². The summed E-state index contributed by atoms with van der Waals surface area (Å²) in [5.74, 6) is 2.80. The number of hydrogen-bond acceptors (Lipinski definition) is 3. The molecule has 0 saturated heterocycles. The van der Waals surface area contributed by atoms with Gasteiger partial charge in [0.2, 0.25) is 5.95 Å². The Balaban J connectivity index is 2.26. The predicted octanol–water partition coefficient (Wildman–Crippen LogP) is 1.15. The average molecular weight is 180 g/mol. The van der Waals surface area contributed by atoms with Gasteiger partial charge in [-0.15, -0.1) is 10.2 Å². The maximum Gasteiger partial charge on any atom is 0.226 e. The molecule has 1 aliphatic rings. The molecule has 0 amide bonds. The van der Waals surface area contributed by atoms with Crippen molar-refractivity contribution in [3.63, 3.8) is 0 Å². The molecule has 2 rings (SSSR count). The van der Waals surface area contributed by atoms with Crippen molar-refractivity contribution in [3.8, 4) is 0 Å². The van der Waals surface area contributed by atoms with Gasteiger partial charge in [0.25, 0.3) is 0 Å². The highest BCUT2D eigenvalue weighted by molar-refractivity contribution is 5.30. The first-order chi connectivity index (χ1) is 6.24. The van der Waals surface area contributed by atoms with E-state index in [2.05, 4.69) is 33.6 Å². The summed E-state index contributed by atoms with van der Waals surface area (Å²) < 4.78 is 2.11. The highest BCUT2D eigenvalue weighted by Gasteiger charge is 2.29. The number of nitrogens with zero attached hydrogens (tertiary/aromatic N) is 4. The van der Waals surface area contributed by atoms with E-state index in [1.807, 2.05) is 7.05 Å². The van der Waals surface area contributed by atoms with E-state index in [0.717, 1.165) is 18.3 Å². The third-order valence-corrected chi connectivity index (χ3v) is 2.64. The van der Waals surface area contributed by atoms with E-state index in [-0.39, 0.29) is 0 Å². The standard InChI is InChI=1S/C9H16N4/c1-4-12(2)9-11-10-8(13(9)3)7-5-6-7/h7H,4-6H2,1-3H3. The highest BCUT2D eigenvalue weighted by atomic mass is 15.4. The van der Waals surface area contributed by atoms with Crippen molar-refractivity contribution in [3.05, 3.63) is 5.82 Å². The molecule has 0 aromatic carbocycles. The lowest BCUT2D eigenvalue weighted by Gasteiger charge is -2.14.